The summed E-state index contributed by atoms with van der Waals surface area (Å²) >= 11 is 3.54. The number of rotatable bonds is 32. The van der Waals surface area contributed by atoms with E-state index in [0.717, 1.165) is 43.0 Å². The summed E-state index contributed by atoms with van der Waals surface area (Å²) in [6, 6.07) is 60.3. The van der Waals surface area contributed by atoms with Gasteiger partial charge in [-0.1, -0.05) is 295 Å². The van der Waals surface area contributed by atoms with E-state index in [1.54, 1.807) is 11.9 Å². The van der Waals surface area contributed by atoms with Gasteiger partial charge in [0.2, 0.25) is 5.91 Å². The second-order valence-corrected chi connectivity index (χ2v) is 32.3. The molecular formula is C94H136BrNO15. The number of benzene rings is 6. The summed E-state index contributed by atoms with van der Waals surface area (Å²) in [5.74, 6) is 3.23. The zero-order chi connectivity index (χ0) is 83.1. The highest BCUT2D eigenvalue weighted by Gasteiger charge is 2.39. The van der Waals surface area contributed by atoms with E-state index < -0.39 is 12.1 Å². The molecule has 16 nitrogen and oxygen atoms in total. The number of esters is 5. The van der Waals surface area contributed by atoms with E-state index in [9.17, 15) is 38.7 Å². The fraction of sp³-hybridized carbons (Fsp3) is 0.543. The SMILES string of the molecule is CC(=O)OC[C@@H](CC(=O)O)C(C)C.CC(=O)OC[C@@H](Cc1ccccc1)C(C)C.CC(C)[C@@H](CO)Cc1ccccc1.CC(C)[C@@H]1COC(=O)[C@@H]1Cc1ccccc1.CC(C)[C@H](Cc1ccccc1)C(=O)N(C)[C@@H](C)[C@@H](O)c1ccccc1.CC(C)[C@H]1COC(=O)C1.CCOC(=O)C(Cc1ccccc1)[C@H](CBr)C(C)C. The lowest BCUT2D eigenvalue weighted by atomic mass is 9.81. The molecule has 6 aromatic carbocycles. The summed E-state index contributed by atoms with van der Waals surface area (Å²) < 4.78 is 25.1. The van der Waals surface area contributed by atoms with Crippen molar-refractivity contribution < 1.29 is 72.6 Å². The molecule has 2 saturated heterocycles. The van der Waals surface area contributed by atoms with Gasteiger partial charge in [0.05, 0.1) is 69.9 Å². The number of carboxylic acid groups (broad SMARTS) is 1. The predicted molar refractivity (Wildman–Crippen MR) is 449 cm³/mol. The van der Waals surface area contributed by atoms with Gasteiger partial charge < -0.3 is 43.9 Å². The summed E-state index contributed by atoms with van der Waals surface area (Å²) in [4.78, 5) is 80.9. The lowest BCUT2D eigenvalue weighted by molar-refractivity contribution is -0.150. The van der Waals surface area contributed by atoms with Crippen LogP contribution in [0.15, 0.2) is 182 Å². The number of aliphatic hydroxyl groups is 2. The molecule has 0 spiro atoms. The second-order valence-electron chi connectivity index (χ2n) is 31.7. The van der Waals surface area contributed by atoms with Crippen molar-refractivity contribution in [3.8, 4) is 0 Å². The average Bonchev–Trinajstić information content (AvgIpc) is 1.79. The average molecular weight is 1600 g/mol. The van der Waals surface area contributed by atoms with E-state index in [2.05, 4.69) is 160 Å². The van der Waals surface area contributed by atoms with Crippen LogP contribution in [0.4, 0.5) is 0 Å². The maximum Gasteiger partial charge on any atom is 0.309 e. The Bertz CT molecular complexity index is 3480. The zero-order valence-electron chi connectivity index (χ0n) is 70.2. The number of hydrogen-bond donors (Lipinski definition) is 3. The molecule has 111 heavy (non-hydrogen) atoms. The van der Waals surface area contributed by atoms with Crippen molar-refractivity contribution in [2.45, 2.75) is 182 Å². The molecule has 17 heteroatoms. The van der Waals surface area contributed by atoms with Gasteiger partial charge in [0.1, 0.15) is 0 Å². The number of aliphatic carboxylic acids is 1. The van der Waals surface area contributed by atoms with Gasteiger partial charge in [0, 0.05) is 56.5 Å². The summed E-state index contributed by atoms with van der Waals surface area (Å²) in [7, 11) is 1.79. The van der Waals surface area contributed by atoms with Crippen LogP contribution in [0, 0.1) is 94.7 Å². The van der Waals surface area contributed by atoms with Gasteiger partial charge in [0.15, 0.2) is 0 Å². The number of halogens is 1. The van der Waals surface area contributed by atoms with Crippen LogP contribution in [0.5, 0.6) is 0 Å². The number of nitrogens with zero attached hydrogens (tertiary/aromatic N) is 1. The first-order chi connectivity index (χ1) is 52.6. The van der Waals surface area contributed by atoms with Crippen LogP contribution in [0.25, 0.3) is 0 Å². The van der Waals surface area contributed by atoms with Crippen LogP contribution in [0.3, 0.4) is 0 Å². The molecule has 11 atom stereocenters. The molecule has 0 aliphatic carbocycles. The molecule has 2 heterocycles. The Morgan fingerprint density at radius 2 is 0.910 bits per heavy atom. The summed E-state index contributed by atoms with van der Waals surface area (Å²) in [6.07, 6.45) is 4.19. The minimum Gasteiger partial charge on any atom is -0.481 e. The van der Waals surface area contributed by atoms with Crippen molar-refractivity contribution in [1.82, 2.24) is 4.90 Å². The molecule has 1 amide bonds. The van der Waals surface area contributed by atoms with Crippen molar-refractivity contribution >= 4 is 57.7 Å². The fourth-order valence-electron chi connectivity index (χ4n) is 12.6. The number of carbonyl (C=O) groups excluding carboxylic acids is 6. The molecule has 3 N–H and O–H groups in total. The molecule has 2 fully saturated rings. The summed E-state index contributed by atoms with van der Waals surface area (Å²) in [6.45, 7) is 38.7. The van der Waals surface area contributed by atoms with Crippen molar-refractivity contribution in [2.75, 3.05) is 52.0 Å². The van der Waals surface area contributed by atoms with Gasteiger partial charge in [-0.2, -0.15) is 0 Å². The smallest absolute Gasteiger partial charge is 0.309 e. The van der Waals surface area contributed by atoms with Crippen molar-refractivity contribution in [1.29, 1.82) is 0 Å². The molecule has 614 valence electrons. The van der Waals surface area contributed by atoms with E-state index in [1.807, 2.05) is 149 Å². The predicted octanol–water partition coefficient (Wildman–Crippen LogP) is 18.9. The monoisotopic (exact) mass is 1600 g/mol. The largest absolute Gasteiger partial charge is 0.481 e. The first kappa shape index (κ1) is 99.1. The molecule has 0 bridgehead atoms. The van der Waals surface area contributed by atoms with Crippen molar-refractivity contribution in [3.63, 3.8) is 0 Å². The van der Waals surface area contributed by atoms with E-state index >= 15 is 0 Å². The number of cyclic esters (lactones) is 2. The number of carbonyl (C=O) groups is 7. The molecular weight excluding hydrogens is 1460 g/mol. The summed E-state index contributed by atoms with van der Waals surface area (Å²) in [5, 5.41) is 29.2. The second kappa shape index (κ2) is 55.4. The maximum absolute atomic E-state index is 13.1. The minimum absolute atomic E-state index is 0.0254. The van der Waals surface area contributed by atoms with Crippen LogP contribution >= 0.6 is 15.9 Å². The van der Waals surface area contributed by atoms with E-state index in [1.165, 1.54) is 41.7 Å². The van der Waals surface area contributed by atoms with E-state index in [0.29, 0.717) is 92.0 Å². The Morgan fingerprint density at radius 3 is 1.25 bits per heavy atom. The molecule has 2 aliphatic rings. The lowest BCUT2D eigenvalue weighted by Gasteiger charge is -2.33. The number of amides is 1. The Morgan fingerprint density at radius 1 is 0.505 bits per heavy atom. The highest BCUT2D eigenvalue weighted by molar-refractivity contribution is 9.09. The molecule has 2 aliphatic heterocycles. The van der Waals surface area contributed by atoms with Crippen LogP contribution in [-0.2, 0) is 89.4 Å². The van der Waals surface area contributed by atoms with Crippen LogP contribution < -0.4 is 0 Å². The van der Waals surface area contributed by atoms with Crippen LogP contribution in [0.2, 0.25) is 0 Å². The standard InChI is InChI=1S/C22H29NO2.C16H23BrO2.C14H18O2.C14H20O2.C12H18O.C9H16O4.C7H12O2/c1-16(2)20(15-18-11-7-5-8-12-18)22(25)23(4)17(3)21(24)19-13-9-6-10-14-19;1-4-19-16(18)14(15(11-17)12(2)3)10-13-8-6-5-7-9-13;1-10(2)13-9-16-14(15)12(13)8-11-6-4-3-5-7-11;1-11(2)14(10-16-12(3)15)9-13-7-5-4-6-8-13;1-10(2)12(9-13)8-11-6-4-3-5-7-11;1-6(2)8(4-9(11)12)5-13-7(3)10;1-5(2)6-3-7(8)9-4-6/h5-14,16-17,20-21,24H,15H2,1-4H3;5-9,12,14-15H,4,10-11H2,1-3H3;3-7,10,12-13H,8-9H2,1-2H3;4-8,11,14H,9-10H2,1-3H3;3-7,10,12-13H,8-9H2,1-2H3;6,8H,4-5H2,1-3H3,(H,11,12);5-6H,3-4H2,1-2H3/t17-,20-,21+;14?,15-;12-,13+;14-;12-;8-;6-/m0111111/s1. The molecule has 8 rings (SSSR count). The van der Waals surface area contributed by atoms with Gasteiger partial charge in [-0.05, 0) is 139 Å². The third-order valence-electron chi connectivity index (χ3n) is 20.8. The van der Waals surface area contributed by atoms with E-state index in [-0.39, 0.29) is 96.9 Å². The maximum atomic E-state index is 13.1. The highest BCUT2D eigenvalue weighted by Crippen LogP contribution is 2.33. The molecule has 6 aromatic rings. The van der Waals surface area contributed by atoms with Gasteiger partial charge in [-0.15, -0.1) is 0 Å². The normalized spacial score (nSPS) is 16.4. The Balaban J connectivity index is 0.000000448. The third-order valence-corrected chi connectivity index (χ3v) is 21.6. The van der Waals surface area contributed by atoms with Gasteiger partial charge in [-0.25, -0.2) is 0 Å². The van der Waals surface area contributed by atoms with Crippen LogP contribution in [-0.4, -0.2) is 120 Å². The molecule has 0 saturated carbocycles. The van der Waals surface area contributed by atoms with Crippen LogP contribution in [0.1, 0.15) is 177 Å². The number of carboxylic acids is 1. The number of aliphatic hydroxyl groups excluding tert-OH is 2. The van der Waals surface area contributed by atoms with Gasteiger partial charge in [-0.3, -0.25) is 33.6 Å². The highest BCUT2D eigenvalue weighted by atomic mass is 79.9. The van der Waals surface area contributed by atoms with Crippen molar-refractivity contribution in [2.24, 2.45) is 94.7 Å². The number of alkyl halides is 1. The van der Waals surface area contributed by atoms with E-state index in [4.69, 9.17) is 33.9 Å². The number of hydrogen-bond acceptors (Lipinski definition) is 14. The lowest BCUT2D eigenvalue weighted by Crippen LogP contribution is -2.44. The number of likely N-dealkylation sites (N-methyl/N-ethyl adjacent to an activating group) is 1. The van der Waals surface area contributed by atoms with Crippen molar-refractivity contribution in [3.05, 3.63) is 215 Å². The molecule has 0 radical (unpaired) electrons. The molecule has 1 unspecified atom stereocenters. The topological polar surface area (TPSA) is 230 Å². The van der Waals surface area contributed by atoms with Gasteiger partial charge >= 0.3 is 35.8 Å². The number of ether oxygens (including phenoxy) is 5. The van der Waals surface area contributed by atoms with Gasteiger partial charge in [0.25, 0.3) is 0 Å². The Hall–Kier alpha value is -7.99. The Kier molecular flexibility index (Phi) is 49.5. The molecule has 0 aromatic heterocycles. The third kappa shape index (κ3) is 40.4. The summed E-state index contributed by atoms with van der Waals surface area (Å²) in [5.41, 5.74) is 7.02. The fourth-order valence-corrected chi connectivity index (χ4v) is 13.8. The quantitative estimate of drug-likeness (QED) is 0.0203. The first-order valence-electron chi connectivity index (χ1n) is 40.0. The first-order valence-corrected chi connectivity index (χ1v) is 41.1. The minimum atomic E-state index is -0.856. The Labute approximate surface area is 675 Å². The zero-order valence-corrected chi connectivity index (χ0v) is 71.8.